The highest BCUT2D eigenvalue weighted by atomic mass is 16.1. The van der Waals surface area contributed by atoms with Crippen molar-refractivity contribution in [3.8, 4) is 16.9 Å². The van der Waals surface area contributed by atoms with E-state index in [2.05, 4.69) is 34.3 Å². The summed E-state index contributed by atoms with van der Waals surface area (Å²) in [4.78, 5) is 22.2. The Morgan fingerprint density at radius 1 is 1.06 bits per heavy atom. The Morgan fingerprint density at radius 3 is 2.56 bits per heavy atom. The quantitative estimate of drug-likeness (QED) is 0.411. The third-order valence-electron chi connectivity index (χ3n) is 5.79. The van der Waals surface area contributed by atoms with Gasteiger partial charge in [-0.05, 0) is 50.1 Å². The van der Waals surface area contributed by atoms with Crippen molar-refractivity contribution in [3.05, 3.63) is 90.1 Å². The molecule has 1 amide bonds. The third-order valence-corrected chi connectivity index (χ3v) is 5.79. The Hall–Kier alpha value is -4.33. The smallest absolute Gasteiger partial charge is 0.252 e. The van der Waals surface area contributed by atoms with Gasteiger partial charge < -0.3 is 5.32 Å². The molecule has 0 aliphatic heterocycles. The monoisotopic (exact) mass is 451 g/mol. The summed E-state index contributed by atoms with van der Waals surface area (Å²) in [5, 5.41) is 12.4. The summed E-state index contributed by atoms with van der Waals surface area (Å²) in [5.41, 5.74) is 6.03. The van der Waals surface area contributed by atoms with Crippen LogP contribution in [0.3, 0.4) is 0 Å². The average molecular weight is 452 g/mol. The van der Waals surface area contributed by atoms with Crippen molar-refractivity contribution < 1.29 is 4.79 Å². The Labute approximate surface area is 197 Å². The van der Waals surface area contributed by atoms with Gasteiger partial charge in [0.15, 0.2) is 5.65 Å². The van der Waals surface area contributed by atoms with Crippen molar-refractivity contribution in [2.75, 3.05) is 0 Å². The minimum absolute atomic E-state index is 0.122. The van der Waals surface area contributed by atoms with Gasteiger partial charge in [-0.25, -0.2) is 19.3 Å². The molecule has 5 aromatic rings. The van der Waals surface area contributed by atoms with E-state index in [0.29, 0.717) is 17.8 Å². The number of fused-ring (bicyclic) bond motifs is 1. The van der Waals surface area contributed by atoms with Gasteiger partial charge in [0.25, 0.3) is 5.91 Å². The number of carbonyl (C=O) groups excluding carboxylic acids is 1. The first-order valence-corrected chi connectivity index (χ1v) is 11.2. The number of pyridine rings is 1. The van der Waals surface area contributed by atoms with Crippen LogP contribution in [0.2, 0.25) is 0 Å². The Balaban J connectivity index is 1.46. The van der Waals surface area contributed by atoms with E-state index >= 15 is 0 Å². The van der Waals surface area contributed by atoms with Crippen molar-refractivity contribution in [1.29, 1.82) is 0 Å². The molecule has 0 radical (unpaired) electrons. The van der Waals surface area contributed by atoms with Crippen molar-refractivity contribution >= 4 is 16.9 Å². The van der Waals surface area contributed by atoms with Crippen molar-refractivity contribution in [3.63, 3.8) is 0 Å². The molecule has 5 rings (SSSR count). The topological polar surface area (TPSA) is 90.5 Å². The third kappa shape index (κ3) is 4.05. The molecular weight excluding hydrogens is 426 g/mol. The Morgan fingerprint density at radius 2 is 1.85 bits per heavy atom. The van der Waals surface area contributed by atoms with Crippen LogP contribution in [0.15, 0.2) is 73.4 Å². The van der Waals surface area contributed by atoms with Crippen LogP contribution in [0.4, 0.5) is 0 Å². The minimum atomic E-state index is -0.161. The molecule has 2 aromatic carbocycles. The van der Waals surface area contributed by atoms with Gasteiger partial charge in [0.1, 0.15) is 12.7 Å². The van der Waals surface area contributed by atoms with E-state index < -0.39 is 0 Å². The molecule has 3 aromatic heterocycles. The molecule has 34 heavy (non-hydrogen) atoms. The number of aryl methyl sites for hydroxylation is 1. The number of hydrogen-bond donors (Lipinski definition) is 1. The second kappa shape index (κ2) is 8.90. The molecule has 8 heteroatoms. The first kappa shape index (κ1) is 21.5. The van der Waals surface area contributed by atoms with Crippen LogP contribution < -0.4 is 5.32 Å². The standard InChI is InChI=1S/C26H25N7O/c1-17(2)33-25-23(14-29-33)22(12-24(31-25)21-7-5-4-6-18(21)3)26(34)28-13-19-8-10-20(11-9-19)32-16-27-15-30-32/h4-12,14-17H,13H2,1-3H3,(H,28,34). The maximum atomic E-state index is 13.3. The molecule has 0 fully saturated rings. The first-order valence-electron chi connectivity index (χ1n) is 11.2. The average Bonchev–Trinajstić information content (AvgIpc) is 3.53. The van der Waals surface area contributed by atoms with Gasteiger partial charge in [-0.15, -0.1) is 0 Å². The van der Waals surface area contributed by atoms with Gasteiger partial charge in [-0.3, -0.25) is 4.79 Å². The predicted molar refractivity (Wildman–Crippen MR) is 131 cm³/mol. The molecule has 0 spiro atoms. The number of nitrogens with one attached hydrogen (secondary N) is 1. The fraction of sp³-hybridized carbons (Fsp3) is 0.192. The summed E-state index contributed by atoms with van der Waals surface area (Å²) in [6.45, 7) is 6.55. The van der Waals surface area contributed by atoms with Crippen LogP contribution in [0, 0.1) is 6.92 Å². The summed E-state index contributed by atoms with van der Waals surface area (Å²) >= 11 is 0. The second-order valence-corrected chi connectivity index (χ2v) is 8.48. The van der Waals surface area contributed by atoms with Crippen LogP contribution in [0.5, 0.6) is 0 Å². The lowest BCUT2D eigenvalue weighted by atomic mass is 10.0. The molecule has 3 heterocycles. The van der Waals surface area contributed by atoms with E-state index in [4.69, 9.17) is 4.98 Å². The van der Waals surface area contributed by atoms with Crippen molar-refractivity contribution in [2.24, 2.45) is 0 Å². The second-order valence-electron chi connectivity index (χ2n) is 8.48. The van der Waals surface area contributed by atoms with E-state index in [1.54, 1.807) is 17.2 Å². The summed E-state index contributed by atoms with van der Waals surface area (Å²) in [5.74, 6) is -0.161. The largest absolute Gasteiger partial charge is 0.348 e. The van der Waals surface area contributed by atoms with Crippen LogP contribution in [-0.4, -0.2) is 35.4 Å². The van der Waals surface area contributed by atoms with Gasteiger partial charge >= 0.3 is 0 Å². The Kier molecular flexibility index (Phi) is 5.63. The Bertz CT molecular complexity index is 1450. The number of carbonyl (C=O) groups is 1. The molecule has 170 valence electrons. The fourth-order valence-electron chi connectivity index (χ4n) is 3.97. The van der Waals surface area contributed by atoms with Gasteiger partial charge in [-0.2, -0.15) is 10.2 Å². The lowest BCUT2D eigenvalue weighted by molar-refractivity contribution is 0.0952. The SMILES string of the molecule is Cc1ccccc1-c1cc(C(=O)NCc2ccc(-n3cncn3)cc2)c2cnn(C(C)C)c2n1. The maximum Gasteiger partial charge on any atom is 0.252 e. The lowest BCUT2D eigenvalue weighted by Crippen LogP contribution is -2.23. The zero-order chi connectivity index (χ0) is 23.7. The molecular formula is C26H25N7O. The zero-order valence-electron chi connectivity index (χ0n) is 19.3. The predicted octanol–water partition coefficient (Wildman–Crippen LogP) is 4.50. The molecule has 0 aliphatic rings. The first-order chi connectivity index (χ1) is 16.5. The van der Waals surface area contributed by atoms with Gasteiger partial charge in [0, 0.05) is 18.2 Å². The normalized spacial score (nSPS) is 11.3. The summed E-state index contributed by atoms with van der Waals surface area (Å²) in [6, 6.07) is 17.9. The molecule has 0 unspecified atom stereocenters. The van der Waals surface area contributed by atoms with E-state index in [-0.39, 0.29) is 11.9 Å². The van der Waals surface area contributed by atoms with Crippen LogP contribution in [-0.2, 0) is 6.54 Å². The molecule has 0 saturated heterocycles. The van der Waals surface area contributed by atoms with Gasteiger partial charge in [0.05, 0.1) is 28.5 Å². The van der Waals surface area contributed by atoms with Crippen molar-refractivity contribution in [1.82, 2.24) is 34.8 Å². The molecule has 1 N–H and O–H groups in total. The van der Waals surface area contributed by atoms with Gasteiger partial charge in [-0.1, -0.05) is 36.4 Å². The highest BCUT2D eigenvalue weighted by Gasteiger charge is 2.19. The van der Waals surface area contributed by atoms with E-state index in [1.807, 2.05) is 66.2 Å². The molecule has 8 nitrogen and oxygen atoms in total. The fourth-order valence-corrected chi connectivity index (χ4v) is 3.97. The number of nitrogens with zero attached hydrogens (tertiary/aromatic N) is 6. The number of amides is 1. The van der Waals surface area contributed by atoms with Crippen LogP contribution in [0.1, 0.15) is 41.4 Å². The summed E-state index contributed by atoms with van der Waals surface area (Å²) < 4.78 is 3.55. The number of aromatic nitrogens is 6. The van der Waals surface area contributed by atoms with E-state index in [0.717, 1.165) is 33.5 Å². The lowest BCUT2D eigenvalue weighted by Gasteiger charge is -2.12. The highest BCUT2D eigenvalue weighted by Crippen LogP contribution is 2.28. The van der Waals surface area contributed by atoms with E-state index in [1.165, 1.54) is 6.33 Å². The number of hydrogen-bond acceptors (Lipinski definition) is 5. The molecule has 0 atom stereocenters. The number of benzene rings is 2. The summed E-state index contributed by atoms with van der Waals surface area (Å²) in [7, 11) is 0. The van der Waals surface area contributed by atoms with Crippen LogP contribution >= 0.6 is 0 Å². The maximum absolute atomic E-state index is 13.3. The van der Waals surface area contributed by atoms with Crippen LogP contribution in [0.25, 0.3) is 28.0 Å². The van der Waals surface area contributed by atoms with Crippen molar-refractivity contribution in [2.45, 2.75) is 33.4 Å². The van der Waals surface area contributed by atoms with E-state index in [9.17, 15) is 4.79 Å². The minimum Gasteiger partial charge on any atom is -0.348 e. The molecule has 0 bridgehead atoms. The van der Waals surface area contributed by atoms with Gasteiger partial charge in [0.2, 0.25) is 0 Å². The molecule has 0 aliphatic carbocycles. The zero-order valence-corrected chi connectivity index (χ0v) is 19.3. The highest BCUT2D eigenvalue weighted by molar-refractivity contribution is 6.06. The molecule has 0 saturated carbocycles. The number of rotatable bonds is 6. The summed E-state index contributed by atoms with van der Waals surface area (Å²) in [6.07, 6.45) is 4.87.